The van der Waals surface area contributed by atoms with Gasteiger partial charge in [0, 0.05) is 19.1 Å². The van der Waals surface area contributed by atoms with Crippen molar-refractivity contribution in [2.45, 2.75) is 50.1 Å². The van der Waals surface area contributed by atoms with E-state index in [0.717, 1.165) is 12.8 Å². The SMILES string of the molecule is CCC(CS(=O)(=O)c1ccccc1)NC(=NC)NC(C)CCc1ccccc1. The maximum atomic E-state index is 12.7. The Morgan fingerprint density at radius 3 is 2.18 bits per heavy atom. The van der Waals surface area contributed by atoms with Gasteiger partial charge in [0.25, 0.3) is 0 Å². The largest absolute Gasteiger partial charge is 0.354 e. The standard InChI is InChI=1S/C22H31N3O2S/c1-4-20(17-28(26,27)21-13-9-6-10-14-21)25-22(23-3)24-18(2)15-16-19-11-7-5-8-12-19/h5-14,18,20H,4,15-17H2,1-3H3,(H2,23,24,25). The molecule has 2 rings (SSSR count). The Morgan fingerprint density at radius 1 is 1.00 bits per heavy atom. The van der Waals surface area contributed by atoms with Crippen molar-refractivity contribution < 1.29 is 8.42 Å². The van der Waals surface area contributed by atoms with Gasteiger partial charge in [-0.05, 0) is 43.9 Å². The van der Waals surface area contributed by atoms with E-state index >= 15 is 0 Å². The van der Waals surface area contributed by atoms with Crippen LogP contribution in [0.15, 0.2) is 70.6 Å². The maximum absolute atomic E-state index is 12.7. The van der Waals surface area contributed by atoms with Gasteiger partial charge in [0.2, 0.25) is 0 Å². The second kappa shape index (κ2) is 10.9. The molecule has 2 N–H and O–H groups in total. The van der Waals surface area contributed by atoms with E-state index in [9.17, 15) is 8.42 Å². The first-order chi connectivity index (χ1) is 13.4. The number of guanidine groups is 1. The van der Waals surface area contributed by atoms with Gasteiger partial charge in [-0.1, -0.05) is 55.5 Å². The molecule has 0 spiro atoms. The van der Waals surface area contributed by atoms with Crippen LogP contribution >= 0.6 is 0 Å². The van der Waals surface area contributed by atoms with Crippen LogP contribution in [0, 0.1) is 0 Å². The zero-order chi connectivity index (χ0) is 20.4. The minimum absolute atomic E-state index is 0.0343. The molecule has 0 aliphatic rings. The molecule has 28 heavy (non-hydrogen) atoms. The van der Waals surface area contributed by atoms with Crippen molar-refractivity contribution >= 4 is 15.8 Å². The molecular weight excluding hydrogens is 370 g/mol. The second-order valence-corrected chi connectivity index (χ2v) is 9.02. The molecule has 6 heteroatoms. The number of hydrogen-bond acceptors (Lipinski definition) is 3. The zero-order valence-electron chi connectivity index (χ0n) is 16.9. The normalized spacial score (nSPS) is 14.3. The predicted octanol–water partition coefficient (Wildman–Crippen LogP) is 3.43. The minimum Gasteiger partial charge on any atom is -0.354 e. The molecule has 2 aromatic rings. The number of nitrogens with one attached hydrogen (secondary N) is 2. The third kappa shape index (κ3) is 7.00. The lowest BCUT2D eigenvalue weighted by Gasteiger charge is -2.23. The van der Waals surface area contributed by atoms with Crippen molar-refractivity contribution in [2.75, 3.05) is 12.8 Å². The minimum atomic E-state index is -3.35. The highest BCUT2D eigenvalue weighted by molar-refractivity contribution is 7.91. The molecule has 0 fully saturated rings. The van der Waals surface area contributed by atoms with E-state index in [-0.39, 0.29) is 17.8 Å². The molecule has 2 aromatic carbocycles. The average molecular weight is 402 g/mol. The number of aryl methyl sites for hydroxylation is 1. The number of sulfone groups is 1. The van der Waals surface area contributed by atoms with Crippen LogP contribution in [0.4, 0.5) is 0 Å². The third-order valence-corrected chi connectivity index (χ3v) is 6.50. The van der Waals surface area contributed by atoms with Crippen molar-refractivity contribution in [1.29, 1.82) is 0 Å². The summed E-state index contributed by atoms with van der Waals surface area (Å²) in [4.78, 5) is 4.63. The number of rotatable bonds is 9. The highest BCUT2D eigenvalue weighted by atomic mass is 32.2. The predicted molar refractivity (Wildman–Crippen MR) is 116 cm³/mol. The first kappa shape index (κ1) is 22.0. The molecule has 0 aromatic heterocycles. The van der Waals surface area contributed by atoms with E-state index in [0.29, 0.717) is 17.3 Å². The molecular formula is C22H31N3O2S. The maximum Gasteiger partial charge on any atom is 0.191 e. The van der Waals surface area contributed by atoms with Gasteiger partial charge >= 0.3 is 0 Å². The summed E-state index contributed by atoms with van der Waals surface area (Å²) < 4.78 is 25.3. The van der Waals surface area contributed by atoms with Gasteiger partial charge in [-0.25, -0.2) is 8.42 Å². The van der Waals surface area contributed by atoms with Crippen LogP contribution in [-0.4, -0.2) is 39.3 Å². The Balaban J connectivity index is 1.90. The molecule has 0 saturated carbocycles. The van der Waals surface area contributed by atoms with E-state index in [1.165, 1.54) is 5.56 Å². The lowest BCUT2D eigenvalue weighted by molar-refractivity contribution is 0.554. The van der Waals surface area contributed by atoms with Crippen molar-refractivity contribution in [2.24, 2.45) is 4.99 Å². The highest BCUT2D eigenvalue weighted by Crippen LogP contribution is 2.12. The molecule has 0 radical (unpaired) electrons. The van der Waals surface area contributed by atoms with Crippen LogP contribution in [0.3, 0.4) is 0 Å². The Labute approximate surface area is 169 Å². The summed E-state index contributed by atoms with van der Waals surface area (Å²) in [6, 6.07) is 19.0. The van der Waals surface area contributed by atoms with Crippen molar-refractivity contribution in [3.63, 3.8) is 0 Å². The number of nitrogens with zero attached hydrogens (tertiary/aromatic N) is 1. The quantitative estimate of drug-likeness (QED) is 0.499. The van der Waals surface area contributed by atoms with Crippen molar-refractivity contribution in [3.8, 4) is 0 Å². The van der Waals surface area contributed by atoms with Crippen LogP contribution in [0.25, 0.3) is 0 Å². The molecule has 0 aliphatic heterocycles. The molecule has 0 amide bonds. The Hall–Kier alpha value is -2.34. The number of aliphatic imine (C=N–C) groups is 1. The summed E-state index contributed by atoms with van der Waals surface area (Å²) in [5.74, 6) is 0.669. The Kier molecular flexibility index (Phi) is 8.51. The van der Waals surface area contributed by atoms with E-state index in [1.54, 1.807) is 31.3 Å². The van der Waals surface area contributed by atoms with Crippen LogP contribution < -0.4 is 10.6 Å². The fourth-order valence-corrected chi connectivity index (χ4v) is 4.56. The summed E-state index contributed by atoms with van der Waals surface area (Å²) in [5, 5.41) is 6.64. The molecule has 2 atom stereocenters. The molecule has 0 heterocycles. The molecule has 2 unspecified atom stereocenters. The monoisotopic (exact) mass is 401 g/mol. The molecule has 0 saturated heterocycles. The summed E-state index contributed by atoms with van der Waals surface area (Å²) in [7, 11) is -1.64. The summed E-state index contributed by atoms with van der Waals surface area (Å²) in [6.07, 6.45) is 2.63. The molecule has 5 nitrogen and oxygen atoms in total. The van der Waals surface area contributed by atoms with Gasteiger partial charge in [-0.3, -0.25) is 4.99 Å². The highest BCUT2D eigenvalue weighted by Gasteiger charge is 2.21. The smallest absolute Gasteiger partial charge is 0.191 e. The van der Waals surface area contributed by atoms with E-state index in [1.807, 2.05) is 31.2 Å². The molecule has 0 bridgehead atoms. The summed E-state index contributed by atoms with van der Waals surface area (Å²) >= 11 is 0. The fraction of sp³-hybridized carbons (Fsp3) is 0.409. The summed E-state index contributed by atoms with van der Waals surface area (Å²) in [6.45, 7) is 4.09. The molecule has 152 valence electrons. The van der Waals surface area contributed by atoms with Gasteiger partial charge in [-0.2, -0.15) is 0 Å². The van der Waals surface area contributed by atoms with Gasteiger partial charge in [-0.15, -0.1) is 0 Å². The summed E-state index contributed by atoms with van der Waals surface area (Å²) in [5.41, 5.74) is 1.31. The Bertz CT molecular complexity index is 837. The van der Waals surface area contributed by atoms with Gasteiger partial charge in [0.1, 0.15) is 0 Å². The van der Waals surface area contributed by atoms with E-state index < -0.39 is 9.84 Å². The van der Waals surface area contributed by atoms with E-state index in [4.69, 9.17) is 0 Å². The number of benzene rings is 2. The van der Waals surface area contributed by atoms with Gasteiger partial charge in [0.15, 0.2) is 15.8 Å². The van der Waals surface area contributed by atoms with Crippen LogP contribution in [0.2, 0.25) is 0 Å². The topological polar surface area (TPSA) is 70.6 Å². The average Bonchev–Trinajstić information content (AvgIpc) is 2.72. The van der Waals surface area contributed by atoms with Gasteiger partial charge < -0.3 is 10.6 Å². The first-order valence-electron chi connectivity index (χ1n) is 9.76. The number of hydrogen-bond donors (Lipinski definition) is 2. The third-order valence-electron chi connectivity index (χ3n) is 4.67. The Morgan fingerprint density at radius 2 is 1.61 bits per heavy atom. The van der Waals surface area contributed by atoms with E-state index in [2.05, 4.69) is 34.7 Å². The van der Waals surface area contributed by atoms with Gasteiger partial charge in [0.05, 0.1) is 10.6 Å². The fourth-order valence-electron chi connectivity index (χ4n) is 2.95. The second-order valence-electron chi connectivity index (χ2n) is 6.99. The lowest BCUT2D eigenvalue weighted by atomic mass is 10.1. The first-order valence-corrected chi connectivity index (χ1v) is 11.4. The van der Waals surface area contributed by atoms with Crippen LogP contribution in [-0.2, 0) is 16.3 Å². The lowest BCUT2D eigenvalue weighted by Crippen LogP contribution is -2.48. The van der Waals surface area contributed by atoms with Crippen molar-refractivity contribution in [1.82, 2.24) is 10.6 Å². The zero-order valence-corrected chi connectivity index (χ0v) is 17.7. The molecule has 0 aliphatic carbocycles. The van der Waals surface area contributed by atoms with Crippen LogP contribution in [0.5, 0.6) is 0 Å². The van der Waals surface area contributed by atoms with Crippen molar-refractivity contribution in [3.05, 3.63) is 66.2 Å². The van der Waals surface area contributed by atoms with Crippen LogP contribution in [0.1, 0.15) is 32.3 Å².